The van der Waals surface area contributed by atoms with Crippen molar-refractivity contribution >= 4 is 6.09 Å². The highest BCUT2D eigenvalue weighted by atomic mass is 16.5. The minimum absolute atomic E-state index is 0.114. The molecular formula is C9H20N2O3. The fraction of sp³-hybridized carbons (Fsp3) is 0.889. The van der Waals surface area contributed by atoms with E-state index < -0.39 is 6.09 Å². The van der Waals surface area contributed by atoms with Gasteiger partial charge in [-0.25, -0.2) is 4.79 Å². The van der Waals surface area contributed by atoms with Crippen LogP contribution >= 0.6 is 0 Å². The van der Waals surface area contributed by atoms with Crippen molar-refractivity contribution in [2.24, 2.45) is 5.73 Å². The summed E-state index contributed by atoms with van der Waals surface area (Å²) in [6.07, 6.45) is 0.170. The molecule has 0 rings (SSSR count). The maximum Gasteiger partial charge on any atom is 0.404 e. The Labute approximate surface area is 84.9 Å². The Balaban J connectivity index is 3.25. The van der Waals surface area contributed by atoms with Crippen LogP contribution in [0.2, 0.25) is 0 Å². The molecule has 0 atom stereocenters. The monoisotopic (exact) mass is 204 g/mol. The maximum atomic E-state index is 10.2. The number of methoxy groups -OCH3 is 1. The van der Waals surface area contributed by atoms with Crippen molar-refractivity contribution < 1.29 is 14.3 Å². The summed E-state index contributed by atoms with van der Waals surface area (Å²) in [6.45, 7) is 5.79. The largest absolute Gasteiger partial charge is 0.448 e. The van der Waals surface area contributed by atoms with Gasteiger partial charge in [0.1, 0.15) is 6.61 Å². The van der Waals surface area contributed by atoms with E-state index in [0.29, 0.717) is 13.2 Å². The molecule has 0 aromatic heterocycles. The molecule has 84 valence electrons. The normalized spacial score (nSPS) is 11.4. The van der Waals surface area contributed by atoms with Crippen LogP contribution in [0.15, 0.2) is 0 Å². The van der Waals surface area contributed by atoms with Gasteiger partial charge in [-0.1, -0.05) is 0 Å². The Hall–Kier alpha value is -0.810. The van der Waals surface area contributed by atoms with Crippen molar-refractivity contribution in [2.45, 2.75) is 25.9 Å². The maximum absolute atomic E-state index is 10.2. The molecule has 5 nitrogen and oxygen atoms in total. The number of primary amides is 1. The van der Waals surface area contributed by atoms with Crippen LogP contribution in [0.1, 0.15) is 20.3 Å². The van der Waals surface area contributed by atoms with Crippen molar-refractivity contribution in [3.8, 4) is 0 Å². The molecule has 5 heteroatoms. The van der Waals surface area contributed by atoms with E-state index in [4.69, 9.17) is 10.5 Å². The van der Waals surface area contributed by atoms with Gasteiger partial charge >= 0.3 is 6.09 Å². The van der Waals surface area contributed by atoms with E-state index in [2.05, 4.69) is 10.1 Å². The van der Waals surface area contributed by atoms with Crippen LogP contribution in [0.5, 0.6) is 0 Å². The van der Waals surface area contributed by atoms with Crippen molar-refractivity contribution in [3.63, 3.8) is 0 Å². The van der Waals surface area contributed by atoms with E-state index >= 15 is 0 Å². The molecule has 3 N–H and O–H groups in total. The molecule has 0 aliphatic carbocycles. The molecular weight excluding hydrogens is 184 g/mol. The summed E-state index contributed by atoms with van der Waals surface area (Å²) in [6, 6.07) is 0. The number of carbonyl (C=O) groups excluding carboxylic acids is 1. The molecule has 0 aromatic rings. The minimum Gasteiger partial charge on any atom is -0.448 e. The summed E-state index contributed by atoms with van der Waals surface area (Å²) in [5.41, 5.74) is 4.68. The fourth-order valence-corrected chi connectivity index (χ4v) is 0.840. The van der Waals surface area contributed by atoms with Crippen LogP contribution in [0, 0.1) is 0 Å². The second-order valence-electron chi connectivity index (χ2n) is 3.63. The lowest BCUT2D eigenvalue weighted by Crippen LogP contribution is -2.31. The molecule has 14 heavy (non-hydrogen) atoms. The highest BCUT2D eigenvalue weighted by Crippen LogP contribution is 2.10. The fourth-order valence-electron chi connectivity index (χ4n) is 0.840. The molecule has 0 heterocycles. The Morgan fingerprint density at radius 2 is 2.07 bits per heavy atom. The molecule has 0 bridgehead atoms. The van der Waals surface area contributed by atoms with Gasteiger partial charge in [-0.05, 0) is 26.8 Å². The summed E-state index contributed by atoms with van der Waals surface area (Å²) in [5.74, 6) is 0. The zero-order valence-electron chi connectivity index (χ0n) is 9.13. The molecule has 0 aliphatic heterocycles. The Morgan fingerprint density at radius 1 is 1.43 bits per heavy atom. The highest BCUT2D eigenvalue weighted by molar-refractivity contribution is 5.64. The molecule has 0 unspecified atom stereocenters. The zero-order chi connectivity index (χ0) is 11.0. The van der Waals surface area contributed by atoms with E-state index in [9.17, 15) is 4.79 Å². The lowest BCUT2D eigenvalue weighted by molar-refractivity contribution is 0.0156. The van der Waals surface area contributed by atoms with Crippen molar-refractivity contribution in [1.29, 1.82) is 0 Å². The topological polar surface area (TPSA) is 73.6 Å². The van der Waals surface area contributed by atoms with Gasteiger partial charge in [0.05, 0.1) is 5.60 Å². The van der Waals surface area contributed by atoms with Gasteiger partial charge in [0, 0.05) is 13.7 Å². The van der Waals surface area contributed by atoms with Gasteiger partial charge in [0.2, 0.25) is 0 Å². The van der Waals surface area contributed by atoms with Gasteiger partial charge in [-0.15, -0.1) is 0 Å². The van der Waals surface area contributed by atoms with Crippen LogP contribution in [0.4, 0.5) is 4.79 Å². The SMILES string of the molecule is COC(C)(C)CCNCCOC(N)=O. The summed E-state index contributed by atoms with van der Waals surface area (Å²) in [5, 5.41) is 3.12. The van der Waals surface area contributed by atoms with Gasteiger partial charge in [0.25, 0.3) is 0 Å². The van der Waals surface area contributed by atoms with Gasteiger partial charge < -0.3 is 20.5 Å². The molecule has 0 aromatic carbocycles. The minimum atomic E-state index is -0.732. The molecule has 0 aliphatic rings. The molecule has 0 spiro atoms. The zero-order valence-corrected chi connectivity index (χ0v) is 9.13. The van der Waals surface area contributed by atoms with Crippen LogP contribution in [0.3, 0.4) is 0 Å². The lowest BCUT2D eigenvalue weighted by atomic mass is 10.1. The predicted molar refractivity (Wildman–Crippen MR) is 54.1 cm³/mol. The van der Waals surface area contributed by atoms with E-state index in [1.807, 2.05) is 13.8 Å². The summed E-state index contributed by atoms with van der Waals surface area (Å²) in [7, 11) is 1.69. The standard InChI is InChI=1S/C9H20N2O3/c1-9(2,13-3)4-5-11-6-7-14-8(10)12/h11H,4-7H2,1-3H3,(H2,10,12). The van der Waals surface area contributed by atoms with E-state index in [-0.39, 0.29) is 5.60 Å². The van der Waals surface area contributed by atoms with Crippen molar-refractivity contribution in [3.05, 3.63) is 0 Å². The Bertz CT molecular complexity index is 171. The average Bonchev–Trinajstić information content (AvgIpc) is 2.10. The average molecular weight is 204 g/mol. The molecule has 0 fully saturated rings. The molecule has 1 amide bonds. The first-order valence-electron chi connectivity index (χ1n) is 4.66. The van der Waals surface area contributed by atoms with E-state index in [1.165, 1.54) is 0 Å². The first-order chi connectivity index (χ1) is 6.48. The summed E-state index contributed by atoms with van der Waals surface area (Å²) < 4.78 is 9.78. The second kappa shape index (κ2) is 6.62. The van der Waals surface area contributed by atoms with Gasteiger partial charge in [-0.3, -0.25) is 0 Å². The molecule has 0 saturated heterocycles. The number of nitrogens with one attached hydrogen (secondary N) is 1. The first kappa shape index (κ1) is 13.2. The second-order valence-corrected chi connectivity index (χ2v) is 3.63. The first-order valence-corrected chi connectivity index (χ1v) is 4.66. The summed E-state index contributed by atoms with van der Waals surface area (Å²) in [4.78, 5) is 10.2. The van der Waals surface area contributed by atoms with E-state index in [0.717, 1.165) is 13.0 Å². The Morgan fingerprint density at radius 3 is 2.57 bits per heavy atom. The van der Waals surface area contributed by atoms with Crippen LogP contribution in [-0.4, -0.2) is 38.5 Å². The smallest absolute Gasteiger partial charge is 0.404 e. The number of hydrogen-bond acceptors (Lipinski definition) is 4. The molecule has 0 saturated carbocycles. The number of rotatable bonds is 7. The third kappa shape index (κ3) is 7.82. The lowest BCUT2D eigenvalue weighted by Gasteiger charge is -2.22. The highest BCUT2D eigenvalue weighted by Gasteiger charge is 2.14. The third-order valence-electron chi connectivity index (χ3n) is 1.98. The van der Waals surface area contributed by atoms with Crippen molar-refractivity contribution in [1.82, 2.24) is 5.32 Å². The quantitative estimate of drug-likeness (QED) is 0.592. The number of nitrogens with two attached hydrogens (primary N) is 1. The van der Waals surface area contributed by atoms with E-state index in [1.54, 1.807) is 7.11 Å². The van der Waals surface area contributed by atoms with Crippen LogP contribution in [-0.2, 0) is 9.47 Å². The molecule has 0 radical (unpaired) electrons. The van der Waals surface area contributed by atoms with Crippen LogP contribution in [0.25, 0.3) is 0 Å². The van der Waals surface area contributed by atoms with Crippen LogP contribution < -0.4 is 11.1 Å². The van der Waals surface area contributed by atoms with Gasteiger partial charge in [-0.2, -0.15) is 0 Å². The number of ether oxygens (including phenoxy) is 2. The predicted octanol–water partition coefficient (Wildman–Crippen LogP) is 0.486. The number of hydrogen-bond donors (Lipinski definition) is 2. The summed E-state index contributed by atoms with van der Waals surface area (Å²) >= 11 is 0. The number of carbonyl (C=O) groups is 1. The Kier molecular flexibility index (Phi) is 6.23. The van der Waals surface area contributed by atoms with Crippen molar-refractivity contribution in [2.75, 3.05) is 26.8 Å². The number of amides is 1. The van der Waals surface area contributed by atoms with Gasteiger partial charge in [0.15, 0.2) is 0 Å². The third-order valence-corrected chi connectivity index (χ3v) is 1.98.